The van der Waals surface area contributed by atoms with Crippen LogP contribution >= 0.6 is 0 Å². The van der Waals surface area contributed by atoms with Gasteiger partial charge < -0.3 is 14.5 Å². The van der Waals surface area contributed by atoms with Crippen molar-refractivity contribution in [2.24, 2.45) is 5.92 Å². The topological polar surface area (TPSA) is 75.6 Å². The van der Waals surface area contributed by atoms with Gasteiger partial charge in [0.1, 0.15) is 0 Å². The summed E-state index contributed by atoms with van der Waals surface area (Å²) in [7, 11) is 4.70. The summed E-state index contributed by atoms with van der Waals surface area (Å²) in [5, 5.41) is 7.89. The Hall–Kier alpha value is -2.18. The van der Waals surface area contributed by atoms with Gasteiger partial charge in [-0.25, -0.2) is 0 Å². The second-order valence-corrected chi connectivity index (χ2v) is 4.60. The molecule has 0 aliphatic carbocycles. The summed E-state index contributed by atoms with van der Waals surface area (Å²) in [5.74, 6) is 0.170. The summed E-state index contributed by atoms with van der Waals surface area (Å²) in [4.78, 5) is 26.3. The largest absolute Gasteiger partial charge is 0.469 e. The van der Waals surface area contributed by atoms with Gasteiger partial charge >= 0.3 is 5.97 Å². The molecule has 1 amide bonds. The molecular formula is C12H16N4O3. The van der Waals surface area contributed by atoms with E-state index in [2.05, 4.69) is 14.9 Å². The van der Waals surface area contributed by atoms with E-state index in [0.29, 0.717) is 24.6 Å². The average Bonchev–Trinajstić information content (AvgIpc) is 2.36. The van der Waals surface area contributed by atoms with Crippen molar-refractivity contribution in [3.05, 3.63) is 17.8 Å². The van der Waals surface area contributed by atoms with E-state index >= 15 is 0 Å². The van der Waals surface area contributed by atoms with Gasteiger partial charge in [-0.15, -0.1) is 10.2 Å². The third kappa shape index (κ3) is 2.64. The van der Waals surface area contributed by atoms with Crippen LogP contribution in [0.25, 0.3) is 0 Å². The second kappa shape index (κ2) is 5.21. The summed E-state index contributed by atoms with van der Waals surface area (Å²) < 4.78 is 4.66. The van der Waals surface area contributed by atoms with Gasteiger partial charge in [-0.1, -0.05) is 0 Å². The van der Waals surface area contributed by atoms with E-state index in [1.165, 1.54) is 12.0 Å². The monoisotopic (exact) mass is 264 g/mol. The highest BCUT2D eigenvalue weighted by Gasteiger charge is 2.34. The summed E-state index contributed by atoms with van der Waals surface area (Å²) >= 11 is 0. The fourth-order valence-electron chi connectivity index (χ4n) is 1.82. The van der Waals surface area contributed by atoms with Crippen LogP contribution in [0.1, 0.15) is 10.5 Å². The van der Waals surface area contributed by atoms with E-state index in [9.17, 15) is 9.59 Å². The van der Waals surface area contributed by atoms with Crippen LogP contribution in [-0.2, 0) is 9.53 Å². The Bertz CT molecular complexity index is 480. The first-order valence-corrected chi connectivity index (χ1v) is 5.91. The number of amides is 1. The van der Waals surface area contributed by atoms with Crippen molar-refractivity contribution in [2.75, 3.05) is 39.2 Å². The summed E-state index contributed by atoms with van der Waals surface area (Å²) in [6.45, 7) is 1.14. The number of rotatable bonds is 3. The van der Waals surface area contributed by atoms with Crippen LogP contribution in [0.15, 0.2) is 12.1 Å². The van der Waals surface area contributed by atoms with E-state index < -0.39 is 0 Å². The third-order valence-corrected chi connectivity index (χ3v) is 3.02. The van der Waals surface area contributed by atoms with E-state index in [0.717, 1.165) is 0 Å². The summed E-state index contributed by atoms with van der Waals surface area (Å²) in [6, 6.07) is 3.37. The number of aromatic nitrogens is 2. The Morgan fingerprint density at radius 3 is 2.47 bits per heavy atom. The van der Waals surface area contributed by atoms with E-state index in [-0.39, 0.29) is 17.8 Å². The molecule has 19 heavy (non-hydrogen) atoms. The maximum atomic E-state index is 11.6. The molecule has 1 aromatic heterocycles. The molecule has 1 saturated heterocycles. The van der Waals surface area contributed by atoms with Gasteiger partial charge in [-0.3, -0.25) is 9.59 Å². The fraction of sp³-hybridized carbons (Fsp3) is 0.500. The highest BCUT2D eigenvalue weighted by Crippen LogP contribution is 2.22. The molecule has 1 fully saturated rings. The molecule has 0 bridgehead atoms. The van der Waals surface area contributed by atoms with Crippen LogP contribution in [-0.4, -0.2) is 61.3 Å². The van der Waals surface area contributed by atoms with E-state index in [1.54, 1.807) is 26.2 Å². The van der Waals surface area contributed by atoms with Gasteiger partial charge in [0.2, 0.25) is 0 Å². The van der Waals surface area contributed by atoms with Crippen LogP contribution < -0.4 is 4.90 Å². The number of nitrogens with zero attached hydrogens (tertiary/aromatic N) is 4. The lowest BCUT2D eigenvalue weighted by Gasteiger charge is -2.37. The van der Waals surface area contributed by atoms with Gasteiger partial charge in [0.25, 0.3) is 5.91 Å². The lowest BCUT2D eigenvalue weighted by molar-refractivity contribution is -0.146. The van der Waals surface area contributed by atoms with Crippen molar-refractivity contribution >= 4 is 17.7 Å². The number of esters is 1. The Kier molecular flexibility index (Phi) is 3.64. The van der Waals surface area contributed by atoms with Gasteiger partial charge in [0.05, 0.1) is 13.0 Å². The number of hydrogen-bond donors (Lipinski definition) is 0. The molecule has 0 saturated carbocycles. The van der Waals surface area contributed by atoms with Gasteiger partial charge in [-0.2, -0.15) is 0 Å². The Balaban J connectivity index is 1.98. The second-order valence-electron chi connectivity index (χ2n) is 4.60. The van der Waals surface area contributed by atoms with Crippen molar-refractivity contribution in [3.63, 3.8) is 0 Å². The maximum Gasteiger partial charge on any atom is 0.312 e. The first-order chi connectivity index (χ1) is 9.02. The van der Waals surface area contributed by atoms with Crippen molar-refractivity contribution in [1.82, 2.24) is 15.1 Å². The van der Waals surface area contributed by atoms with Crippen molar-refractivity contribution < 1.29 is 14.3 Å². The molecule has 7 heteroatoms. The predicted molar refractivity (Wildman–Crippen MR) is 67.8 cm³/mol. The minimum atomic E-state index is -0.205. The molecule has 1 aliphatic rings. The Morgan fingerprint density at radius 2 is 2.00 bits per heavy atom. The number of anilines is 1. The van der Waals surface area contributed by atoms with Crippen LogP contribution in [0.3, 0.4) is 0 Å². The lowest BCUT2D eigenvalue weighted by Crippen LogP contribution is -2.51. The zero-order valence-electron chi connectivity index (χ0n) is 11.2. The molecule has 102 valence electrons. The average molecular weight is 264 g/mol. The Labute approximate surface area is 111 Å². The molecule has 1 aliphatic heterocycles. The molecule has 0 N–H and O–H groups in total. The van der Waals surface area contributed by atoms with Crippen LogP contribution in [0, 0.1) is 5.92 Å². The van der Waals surface area contributed by atoms with Gasteiger partial charge in [-0.05, 0) is 12.1 Å². The van der Waals surface area contributed by atoms with Gasteiger partial charge in [0, 0.05) is 27.2 Å². The van der Waals surface area contributed by atoms with Gasteiger partial charge in [0.15, 0.2) is 11.5 Å². The molecule has 0 unspecified atom stereocenters. The zero-order chi connectivity index (χ0) is 14.0. The number of methoxy groups -OCH3 is 1. The number of carbonyl (C=O) groups is 2. The van der Waals surface area contributed by atoms with E-state index in [1.807, 2.05) is 4.90 Å². The van der Waals surface area contributed by atoms with Crippen molar-refractivity contribution in [1.29, 1.82) is 0 Å². The molecule has 2 heterocycles. The third-order valence-electron chi connectivity index (χ3n) is 3.02. The highest BCUT2D eigenvalue weighted by molar-refractivity contribution is 5.91. The van der Waals surface area contributed by atoms with Crippen LogP contribution in [0.5, 0.6) is 0 Å². The number of carbonyl (C=O) groups excluding carboxylic acids is 2. The molecule has 7 nitrogen and oxygen atoms in total. The predicted octanol–water partition coefficient (Wildman–Crippen LogP) is -0.212. The molecular weight excluding hydrogens is 248 g/mol. The van der Waals surface area contributed by atoms with Crippen molar-refractivity contribution in [2.45, 2.75) is 0 Å². The quantitative estimate of drug-likeness (QED) is 0.703. The number of hydrogen-bond acceptors (Lipinski definition) is 6. The first-order valence-electron chi connectivity index (χ1n) is 5.91. The summed E-state index contributed by atoms with van der Waals surface area (Å²) in [6.07, 6.45) is 0. The smallest absolute Gasteiger partial charge is 0.312 e. The number of ether oxygens (including phenoxy) is 1. The SMILES string of the molecule is COC(=O)C1CN(c2ccc(C(=O)N(C)C)nn2)C1. The molecule has 0 aromatic carbocycles. The standard InChI is InChI=1S/C12H16N4O3/c1-15(2)11(17)9-4-5-10(14-13-9)16-6-8(7-16)12(18)19-3/h4-5,8H,6-7H2,1-3H3. The molecule has 0 spiro atoms. The molecule has 2 rings (SSSR count). The van der Waals surface area contributed by atoms with E-state index in [4.69, 9.17) is 0 Å². The minimum Gasteiger partial charge on any atom is -0.469 e. The zero-order valence-corrected chi connectivity index (χ0v) is 11.2. The highest BCUT2D eigenvalue weighted by atomic mass is 16.5. The maximum absolute atomic E-state index is 11.6. The van der Waals surface area contributed by atoms with Crippen molar-refractivity contribution in [3.8, 4) is 0 Å². The Morgan fingerprint density at radius 1 is 1.32 bits per heavy atom. The first kappa shape index (κ1) is 13.3. The lowest BCUT2D eigenvalue weighted by atomic mass is 10.0. The molecule has 0 radical (unpaired) electrons. The van der Waals surface area contributed by atoms with Crippen LogP contribution in [0.2, 0.25) is 0 Å². The minimum absolute atomic E-state index is 0.102. The normalized spacial score (nSPS) is 14.8. The summed E-state index contributed by atoms with van der Waals surface area (Å²) in [5.41, 5.74) is 0.304. The van der Waals surface area contributed by atoms with Crippen LogP contribution in [0.4, 0.5) is 5.82 Å². The fourth-order valence-corrected chi connectivity index (χ4v) is 1.82. The molecule has 0 atom stereocenters. The molecule has 1 aromatic rings.